The summed E-state index contributed by atoms with van der Waals surface area (Å²) in [5.74, 6) is 0.0913. The molecule has 3 heteroatoms. The number of Topliss-reactive ketones (excluding diaryl/α,β-unsaturated/α-hetero) is 1. The Kier molecular flexibility index (Phi) is 14.9. The van der Waals surface area contributed by atoms with Gasteiger partial charge in [0.1, 0.15) is 0 Å². The SMILES string of the molecule is C=C(C)c1ccccc1C(C)=O.CCCCCCCCCCC(O)CO. The van der Waals surface area contributed by atoms with Crippen molar-refractivity contribution in [1.29, 1.82) is 0 Å². The summed E-state index contributed by atoms with van der Waals surface area (Å²) in [5, 5.41) is 17.7. The summed E-state index contributed by atoms with van der Waals surface area (Å²) < 4.78 is 0. The van der Waals surface area contributed by atoms with Gasteiger partial charge >= 0.3 is 0 Å². The van der Waals surface area contributed by atoms with E-state index in [0.29, 0.717) is 0 Å². The van der Waals surface area contributed by atoms with Crippen LogP contribution >= 0.6 is 0 Å². The minimum absolute atomic E-state index is 0.0868. The van der Waals surface area contributed by atoms with Crippen LogP contribution in [0, 0.1) is 0 Å². The van der Waals surface area contributed by atoms with E-state index in [0.717, 1.165) is 29.5 Å². The number of allylic oxidation sites excluding steroid dienone is 1. The third-order valence-corrected chi connectivity index (χ3v) is 4.37. The molecule has 0 aromatic heterocycles. The van der Waals surface area contributed by atoms with Crippen molar-refractivity contribution in [2.24, 2.45) is 0 Å². The smallest absolute Gasteiger partial charge is 0.160 e. The van der Waals surface area contributed by atoms with Crippen LogP contribution in [0.3, 0.4) is 0 Å². The predicted octanol–water partition coefficient (Wildman–Crippen LogP) is 5.79. The Bertz CT molecular complexity index is 475. The zero-order valence-corrected chi connectivity index (χ0v) is 17.0. The highest BCUT2D eigenvalue weighted by molar-refractivity contribution is 5.98. The molecule has 1 rings (SSSR count). The summed E-state index contributed by atoms with van der Waals surface area (Å²) in [5.41, 5.74) is 2.64. The molecule has 0 radical (unpaired) electrons. The van der Waals surface area contributed by atoms with Crippen LogP contribution < -0.4 is 0 Å². The lowest BCUT2D eigenvalue weighted by atomic mass is 10.00. The monoisotopic (exact) mass is 362 g/mol. The minimum atomic E-state index is -0.491. The first-order chi connectivity index (χ1) is 12.4. The summed E-state index contributed by atoms with van der Waals surface area (Å²) in [4.78, 5) is 11.1. The van der Waals surface area contributed by atoms with Gasteiger partial charge in [0.2, 0.25) is 0 Å². The number of carbonyl (C=O) groups excluding carboxylic acids is 1. The van der Waals surface area contributed by atoms with Crippen LogP contribution in [0.25, 0.3) is 5.57 Å². The van der Waals surface area contributed by atoms with Gasteiger partial charge in [0.25, 0.3) is 0 Å². The maximum atomic E-state index is 11.1. The van der Waals surface area contributed by atoms with Crippen molar-refractivity contribution in [2.45, 2.75) is 84.7 Å². The highest BCUT2D eigenvalue weighted by atomic mass is 16.3. The van der Waals surface area contributed by atoms with Crippen LogP contribution in [0.5, 0.6) is 0 Å². The zero-order chi connectivity index (χ0) is 19.8. The van der Waals surface area contributed by atoms with Crippen molar-refractivity contribution < 1.29 is 15.0 Å². The van der Waals surface area contributed by atoms with E-state index in [1.54, 1.807) is 6.92 Å². The lowest BCUT2D eigenvalue weighted by Crippen LogP contribution is -2.10. The van der Waals surface area contributed by atoms with Crippen molar-refractivity contribution in [3.05, 3.63) is 42.0 Å². The third kappa shape index (κ3) is 12.0. The quantitative estimate of drug-likeness (QED) is 0.365. The molecule has 0 aliphatic rings. The molecule has 2 N–H and O–H groups in total. The van der Waals surface area contributed by atoms with Gasteiger partial charge in [0.15, 0.2) is 5.78 Å². The van der Waals surface area contributed by atoms with Crippen LogP contribution in [0.4, 0.5) is 0 Å². The van der Waals surface area contributed by atoms with Crippen LogP contribution in [0.1, 0.15) is 94.5 Å². The molecule has 26 heavy (non-hydrogen) atoms. The molecule has 0 aliphatic heterocycles. The number of unbranched alkanes of at least 4 members (excludes halogenated alkanes) is 7. The molecule has 3 nitrogen and oxygen atoms in total. The van der Waals surface area contributed by atoms with Crippen LogP contribution in [0.15, 0.2) is 30.8 Å². The number of rotatable bonds is 12. The van der Waals surface area contributed by atoms with E-state index in [4.69, 9.17) is 10.2 Å². The number of aliphatic hydroxyl groups excluding tert-OH is 2. The molecule has 1 aromatic rings. The van der Waals surface area contributed by atoms with E-state index in [9.17, 15) is 4.79 Å². The van der Waals surface area contributed by atoms with E-state index in [-0.39, 0.29) is 12.4 Å². The van der Waals surface area contributed by atoms with Gasteiger partial charge in [0.05, 0.1) is 12.7 Å². The van der Waals surface area contributed by atoms with Crippen molar-refractivity contribution in [3.8, 4) is 0 Å². The Morgan fingerprint density at radius 3 is 1.88 bits per heavy atom. The van der Waals surface area contributed by atoms with Crippen LogP contribution in [-0.2, 0) is 0 Å². The first kappa shape index (κ1) is 24.6. The summed E-state index contributed by atoms with van der Waals surface area (Å²) in [6.07, 6.45) is 10.5. The molecule has 0 bridgehead atoms. The number of carbonyl (C=O) groups is 1. The minimum Gasteiger partial charge on any atom is -0.394 e. The molecule has 0 saturated carbocycles. The van der Waals surface area contributed by atoms with Gasteiger partial charge in [-0.1, -0.05) is 94.7 Å². The van der Waals surface area contributed by atoms with Gasteiger partial charge < -0.3 is 10.2 Å². The fourth-order valence-corrected chi connectivity index (χ4v) is 2.77. The summed E-state index contributed by atoms with van der Waals surface area (Å²) in [6.45, 7) is 9.44. The number of benzene rings is 1. The van der Waals surface area contributed by atoms with Gasteiger partial charge in [-0.2, -0.15) is 0 Å². The van der Waals surface area contributed by atoms with E-state index >= 15 is 0 Å². The highest BCUT2D eigenvalue weighted by Gasteiger charge is 2.05. The molecular formula is C23H38O3. The van der Waals surface area contributed by atoms with Crippen molar-refractivity contribution in [3.63, 3.8) is 0 Å². The van der Waals surface area contributed by atoms with Crippen molar-refractivity contribution >= 4 is 11.4 Å². The molecule has 0 aliphatic carbocycles. The molecule has 1 unspecified atom stereocenters. The molecule has 0 amide bonds. The molecule has 0 spiro atoms. The summed E-state index contributed by atoms with van der Waals surface area (Å²) in [7, 11) is 0. The Balaban J connectivity index is 0.000000485. The second-order valence-corrected chi connectivity index (χ2v) is 6.98. The lowest BCUT2D eigenvalue weighted by Gasteiger charge is -2.06. The molecule has 148 valence electrons. The van der Waals surface area contributed by atoms with Crippen LogP contribution in [-0.4, -0.2) is 28.7 Å². The second-order valence-electron chi connectivity index (χ2n) is 6.98. The average molecular weight is 363 g/mol. The van der Waals surface area contributed by atoms with Gasteiger partial charge in [-0.25, -0.2) is 0 Å². The highest BCUT2D eigenvalue weighted by Crippen LogP contribution is 2.17. The first-order valence-corrected chi connectivity index (χ1v) is 9.98. The number of hydrogen-bond donors (Lipinski definition) is 2. The normalized spacial score (nSPS) is 11.4. The number of aliphatic hydroxyl groups is 2. The average Bonchev–Trinajstić information content (AvgIpc) is 2.64. The topological polar surface area (TPSA) is 57.5 Å². The molecule has 0 heterocycles. The standard InChI is InChI=1S/C12H26O2.C11H12O/c1-2-3-4-5-6-7-8-9-10-12(14)11-13;1-8(2)10-6-4-5-7-11(10)9(3)12/h12-14H,2-11H2,1H3;4-7H,1H2,2-3H3. The molecular weight excluding hydrogens is 324 g/mol. The van der Waals surface area contributed by atoms with Crippen molar-refractivity contribution in [1.82, 2.24) is 0 Å². The largest absolute Gasteiger partial charge is 0.394 e. The maximum absolute atomic E-state index is 11.1. The Hall–Kier alpha value is -1.45. The van der Waals surface area contributed by atoms with Crippen LogP contribution in [0.2, 0.25) is 0 Å². The second kappa shape index (κ2) is 15.8. The molecule has 1 aromatic carbocycles. The predicted molar refractivity (Wildman–Crippen MR) is 111 cm³/mol. The summed E-state index contributed by atoms with van der Waals surface area (Å²) >= 11 is 0. The van der Waals surface area contributed by atoms with Gasteiger partial charge in [-0.3, -0.25) is 4.79 Å². The fourth-order valence-electron chi connectivity index (χ4n) is 2.77. The van der Waals surface area contributed by atoms with E-state index in [1.165, 1.54) is 44.9 Å². The number of hydrogen-bond acceptors (Lipinski definition) is 3. The van der Waals surface area contributed by atoms with E-state index in [2.05, 4.69) is 13.5 Å². The van der Waals surface area contributed by atoms with E-state index in [1.807, 2.05) is 31.2 Å². The molecule has 0 saturated heterocycles. The van der Waals surface area contributed by atoms with Crippen molar-refractivity contribution in [2.75, 3.05) is 6.61 Å². The number of ketones is 1. The zero-order valence-electron chi connectivity index (χ0n) is 17.0. The fraction of sp³-hybridized carbons (Fsp3) is 0.609. The first-order valence-electron chi connectivity index (χ1n) is 9.98. The van der Waals surface area contributed by atoms with Gasteiger partial charge in [-0.15, -0.1) is 0 Å². The maximum Gasteiger partial charge on any atom is 0.160 e. The lowest BCUT2D eigenvalue weighted by molar-refractivity contribution is 0.0860. The molecule has 0 fully saturated rings. The third-order valence-electron chi connectivity index (χ3n) is 4.37. The van der Waals surface area contributed by atoms with Gasteiger partial charge in [0, 0.05) is 5.56 Å². The summed E-state index contributed by atoms with van der Waals surface area (Å²) in [6, 6.07) is 7.52. The Morgan fingerprint density at radius 1 is 0.962 bits per heavy atom. The van der Waals surface area contributed by atoms with E-state index < -0.39 is 6.10 Å². The van der Waals surface area contributed by atoms with Gasteiger partial charge in [-0.05, 0) is 25.8 Å². The Labute approximate surface area is 160 Å². The Morgan fingerprint density at radius 2 is 1.46 bits per heavy atom. The molecule has 1 atom stereocenters.